The van der Waals surface area contributed by atoms with Crippen molar-refractivity contribution < 1.29 is 9.59 Å². The van der Waals surface area contributed by atoms with Crippen molar-refractivity contribution in [2.24, 2.45) is 5.73 Å². The Morgan fingerprint density at radius 2 is 1.59 bits per heavy atom. The van der Waals surface area contributed by atoms with Gasteiger partial charge in [-0.1, -0.05) is 50.2 Å². The molecule has 2 aromatic carbocycles. The number of thiophene rings is 1. The van der Waals surface area contributed by atoms with E-state index in [4.69, 9.17) is 5.73 Å². The Balaban J connectivity index is 1.89. The van der Waals surface area contributed by atoms with Gasteiger partial charge >= 0.3 is 0 Å². The van der Waals surface area contributed by atoms with Crippen LogP contribution in [0, 0.1) is 0 Å². The number of nitrogens with two attached hydrogens (primary N) is 1. The minimum Gasteiger partial charge on any atom is -0.366 e. The summed E-state index contributed by atoms with van der Waals surface area (Å²) in [6.45, 7) is 4.30. The average molecular weight is 378 g/mol. The molecule has 3 N–H and O–H groups in total. The Morgan fingerprint density at radius 1 is 0.926 bits per heavy atom. The summed E-state index contributed by atoms with van der Waals surface area (Å²) in [4.78, 5) is 25.2. The van der Waals surface area contributed by atoms with Crippen LogP contribution >= 0.6 is 11.3 Å². The molecule has 0 saturated heterocycles. The van der Waals surface area contributed by atoms with Crippen molar-refractivity contribution in [3.05, 3.63) is 93.2 Å². The summed E-state index contributed by atoms with van der Waals surface area (Å²) < 4.78 is 0. The van der Waals surface area contributed by atoms with Crippen molar-refractivity contribution in [3.63, 3.8) is 0 Å². The second-order valence-electron chi connectivity index (χ2n) is 6.69. The average Bonchev–Trinajstić information content (AvgIpc) is 3.20. The normalized spacial score (nSPS) is 12.0. The molecule has 0 unspecified atom stereocenters. The van der Waals surface area contributed by atoms with E-state index in [0.29, 0.717) is 17.0 Å². The highest BCUT2D eigenvalue weighted by molar-refractivity contribution is 7.10. The predicted octanol–water partition coefficient (Wildman–Crippen LogP) is 4.49. The van der Waals surface area contributed by atoms with Gasteiger partial charge in [-0.3, -0.25) is 9.59 Å². The molecule has 3 rings (SSSR count). The maximum Gasteiger partial charge on any atom is 0.252 e. The van der Waals surface area contributed by atoms with E-state index in [1.807, 2.05) is 17.5 Å². The number of nitrogens with one attached hydrogen (secondary N) is 1. The quantitative estimate of drug-likeness (QED) is 0.663. The standard InChI is InChI=1S/C22H22N2O2S/c1-14(2)15-8-10-16(11-9-15)20(19-7-4-12-27-19)24-22(26)18-6-3-5-17(13-18)21(23)25/h3-14,20H,1-2H3,(H2,23,25)(H,24,26)/t20-/m1/s1. The third-order valence-corrected chi connectivity index (χ3v) is 5.39. The van der Waals surface area contributed by atoms with Gasteiger partial charge in [0.15, 0.2) is 0 Å². The smallest absolute Gasteiger partial charge is 0.252 e. The van der Waals surface area contributed by atoms with Gasteiger partial charge in [-0.15, -0.1) is 11.3 Å². The molecule has 0 saturated carbocycles. The van der Waals surface area contributed by atoms with Crippen molar-refractivity contribution in [3.8, 4) is 0 Å². The summed E-state index contributed by atoms with van der Waals surface area (Å²) in [5.41, 5.74) is 8.32. The second kappa shape index (κ2) is 8.18. The van der Waals surface area contributed by atoms with Gasteiger partial charge in [0.2, 0.25) is 5.91 Å². The van der Waals surface area contributed by atoms with Gasteiger partial charge < -0.3 is 11.1 Å². The lowest BCUT2D eigenvalue weighted by atomic mass is 9.98. The fourth-order valence-electron chi connectivity index (χ4n) is 2.88. The van der Waals surface area contributed by atoms with Crippen LogP contribution in [0.2, 0.25) is 0 Å². The van der Waals surface area contributed by atoms with Gasteiger partial charge in [0.1, 0.15) is 0 Å². The van der Waals surface area contributed by atoms with Crippen molar-refractivity contribution in [1.82, 2.24) is 5.32 Å². The number of hydrogen-bond donors (Lipinski definition) is 2. The summed E-state index contributed by atoms with van der Waals surface area (Å²) >= 11 is 1.59. The lowest BCUT2D eigenvalue weighted by molar-refractivity contribution is 0.0943. The summed E-state index contributed by atoms with van der Waals surface area (Å²) in [6.07, 6.45) is 0. The Kier molecular flexibility index (Phi) is 5.72. The van der Waals surface area contributed by atoms with Gasteiger partial charge in [0.25, 0.3) is 5.91 Å². The van der Waals surface area contributed by atoms with Crippen molar-refractivity contribution in [1.29, 1.82) is 0 Å². The first-order valence-corrected chi connectivity index (χ1v) is 9.67. The van der Waals surface area contributed by atoms with Gasteiger partial charge in [-0.25, -0.2) is 0 Å². The lowest BCUT2D eigenvalue weighted by Crippen LogP contribution is -2.29. The molecule has 0 aliphatic rings. The predicted molar refractivity (Wildman–Crippen MR) is 109 cm³/mol. The minimum absolute atomic E-state index is 0.246. The van der Waals surface area contributed by atoms with E-state index in [1.54, 1.807) is 29.5 Å². The van der Waals surface area contributed by atoms with Crippen LogP contribution < -0.4 is 11.1 Å². The van der Waals surface area contributed by atoms with Crippen LogP contribution in [0.4, 0.5) is 0 Å². The maximum atomic E-state index is 12.8. The topological polar surface area (TPSA) is 72.2 Å². The molecule has 0 bridgehead atoms. The highest BCUT2D eigenvalue weighted by atomic mass is 32.1. The van der Waals surface area contributed by atoms with Crippen molar-refractivity contribution in [2.45, 2.75) is 25.8 Å². The Morgan fingerprint density at radius 3 is 2.19 bits per heavy atom. The molecule has 1 atom stereocenters. The zero-order valence-electron chi connectivity index (χ0n) is 15.3. The van der Waals surface area contributed by atoms with E-state index >= 15 is 0 Å². The van der Waals surface area contributed by atoms with Crippen LogP contribution in [0.3, 0.4) is 0 Å². The van der Waals surface area contributed by atoms with Gasteiger partial charge in [-0.2, -0.15) is 0 Å². The number of carbonyl (C=O) groups is 2. The molecule has 0 radical (unpaired) electrons. The number of rotatable bonds is 6. The Hall–Kier alpha value is -2.92. The third-order valence-electron chi connectivity index (χ3n) is 4.45. The largest absolute Gasteiger partial charge is 0.366 e. The third kappa shape index (κ3) is 4.44. The molecule has 5 heteroatoms. The van der Waals surface area contributed by atoms with E-state index in [9.17, 15) is 9.59 Å². The number of primary amides is 1. The molecular formula is C22H22N2O2S. The molecular weight excluding hydrogens is 356 g/mol. The van der Waals surface area contributed by atoms with Crippen LogP contribution in [0.25, 0.3) is 0 Å². The number of carbonyl (C=O) groups excluding carboxylic acids is 2. The molecule has 0 spiro atoms. The zero-order valence-corrected chi connectivity index (χ0v) is 16.1. The van der Waals surface area contributed by atoms with Crippen molar-refractivity contribution in [2.75, 3.05) is 0 Å². The lowest BCUT2D eigenvalue weighted by Gasteiger charge is -2.19. The molecule has 0 aliphatic heterocycles. The minimum atomic E-state index is -0.552. The first kappa shape index (κ1) is 18.9. The highest BCUT2D eigenvalue weighted by Gasteiger charge is 2.19. The molecule has 138 valence electrons. The van der Waals surface area contributed by atoms with Crippen LogP contribution in [0.5, 0.6) is 0 Å². The van der Waals surface area contributed by atoms with Gasteiger partial charge in [-0.05, 0) is 46.7 Å². The summed E-state index contributed by atoms with van der Waals surface area (Å²) in [7, 11) is 0. The fraction of sp³-hybridized carbons (Fsp3) is 0.182. The second-order valence-corrected chi connectivity index (χ2v) is 7.67. The van der Waals surface area contributed by atoms with E-state index in [0.717, 1.165) is 10.4 Å². The molecule has 0 fully saturated rings. The summed E-state index contributed by atoms with van der Waals surface area (Å²) in [5.74, 6) is -0.349. The SMILES string of the molecule is CC(C)c1ccc([C@@H](NC(=O)c2cccc(C(N)=O)c2)c2cccs2)cc1. The first-order valence-electron chi connectivity index (χ1n) is 8.79. The molecule has 4 nitrogen and oxygen atoms in total. The van der Waals surface area contributed by atoms with Crippen LogP contribution in [0.1, 0.15) is 62.5 Å². The van der Waals surface area contributed by atoms with E-state index < -0.39 is 5.91 Å². The number of amides is 2. The summed E-state index contributed by atoms with van der Waals surface area (Å²) in [6, 6.07) is 18.5. The zero-order chi connectivity index (χ0) is 19.4. The monoisotopic (exact) mass is 378 g/mol. The first-order chi connectivity index (χ1) is 13.0. The van der Waals surface area contributed by atoms with Gasteiger partial charge in [0.05, 0.1) is 6.04 Å². The highest BCUT2D eigenvalue weighted by Crippen LogP contribution is 2.28. The molecule has 1 heterocycles. The van der Waals surface area contributed by atoms with E-state index in [-0.39, 0.29) is 11.9 Å². The molecule has 0 aliphatic carbocycles. The van der Waals surface area contributed by atoms with E-state index in [1.165, 1.54) is 11.6 Å². The Labute approximate surface area is 163 Å². The molecule has 1 aromatic heterocycles. The fourth-order valence-corrected chi connectivity index (χ4v) is 3.68. The molecule has 27 heavy (non-hydrogen) atoms. The van der Waals surface area contributed by atoms with Crippen molar-refractivity contribution >= 4 is 23.2 Å². The number of benzene rings is 2. The molecule has 2 amide bonds. The van der Waals surface area contributed by atoms with Crippen LogP contribution in [-0.2, 0) is 0 Å². The summed E-state index contributed by atoms with van der Waals surface area (Å²) in [5, 5.41) is 5.08. The number of hydrogen-bond acceptors (Lipinski definition) is 3. The van der Waals surface area contributed by atoms with E-state index in [2.05, 4.69) is 43.4 Å². The van der Waals surface area contributed by atoms with Gasteiger partial charge in [0, 0.05) is 16.0 Å². The van der Waals surface area contributed by atoms with Crippen LogP contribution in [-0.4, -0.2) is 11.8 Å². The maximum absolute atomic E-state index is 12.8. The molecule has 3 aromatic rings. The van der Waals surface area contributed by atoms with Crippen LogP contribution in [0.15, 0.2) is 66.0 Å². The Bertz CT molecular complexity index is 931.